The maximum atomic E-state index is 12.6. The predicted molar refractivity (Wildman–Crippen MR) is 89.4 cm³/mol. The molecule has 138 valence electrons. The second-order valence-corrected chi connectivity index (χ2v) is 7.31. The number of sulfonamides is 1. The quantitative estimate of drug-likeness (QED) is 0.736. The Morgan fingerprint density at radius 3 is 2.54 bits per heavy atom. The molecule has 6 nitrogen and oxygen atoms in total. The van der Waals surface area contributed by atoms with Gasteiger partial charge >= 0.3 is 6.61 Å². The van der Waals surface area contributed by atoms with Crippen LogP contribution in [0.25, 0.3) is 0 Å². The lowest BCUT2D eigenvalue weighted by atomic mass is 10.2. The molecule has 0 unspecified atom stereocenters. The van der Waals surface area contributed by atoms with Gasteiger partial charge in [0.15, 0.2) is 11.5 Å². The molecule has 0 aliphatic heterocycles. The summed E-state index contributed by atoms with van der Waals surface area (Å²) in [5, 5.41) is 8.91. The van der Waals surface area contributed by atoms with Crippen LogP contribution in [0.15, 0.2) is 47.4 Å². The second-order valence-electron chi connectivity index (χ2n) is 5.26. The van der Waals surface area contributed by atoms with Crippen molar-refractivity contribution in [3.63, 3.8) is 0 Å². The zero-order valence-electron chi connectivity index (χ0n) is 14.0. The number of hydrogen-bond acceptors (Lipinski definition) is 5. The zero-order chi connectivity index (χ0) is 19.3. The molecule has 9 heteroatoms. The minimum atomic E-state index is -3.83. The van der Waals surface area contributed by atoms with Gasteiger partial charge in [-0.15, -0.1) is 0 Å². The molecule has 2 aromatic carbocycles. The van der Waals surface area contributed by atoms with Crippen molar-refractivity contribution in [3.05, 3.63) is 53.6 Å². The Labute approximate surface area is 150 Å². The average molecular weight is 382 g/mol. The third-order valence-electron chi connectivity index (χ3n) is 3.52. The van der Waals surface area contributed by atoms with Gasteiger partial charge in [0, 0.05) is 13.6 Å². The SMILES string of the molecule is COc1cc(CN(C)S(=O)(=O)c2cccc(C#N)c2)ccc1OC(F)F. The fraction of sp³-hybridized carbons (Fsp3) is 0.235. The van der Waals surface area contributed by atoms with Gasteiger partial charge in [-0.05, 0) is 35.9 Å². The largest absolute Gasteiger partial charge is 0.493 e. The van der Waals surface area contributed by atoms with Crippen LogP contribution >= 0.6 is 0 Å². The number of ether oxygens (including phenoxy) is 2. The van der Waals surface area contributed by atoms with Crippen LogP contribution in [0.1, 0.15) is 11.1 Å². The Kier molecular flexibility index (Phi) is 6.13. The van der Waals surface area contributed by atoms with Crippen molar-refractivity contribution in [2.24, 2.45) is 0 Å². The number of nitrogens with zero attached hydrogens (tertiary/aromatic N) is 2. The van der Waals surface area contributed by atoms with Crippen molar-refractivity contribution in [2.45, 2.75) is 18.1 Å². The van der Waals surface area contributed by atoms with Crippen molar-refractivity contribution in [2.75, 3.05) is 14.2 Å². The number of halogens is 2. The summed E-state index contributed by atoms with van der Waals surface area (Å²) < 4.78 is 60.4. The molecule has 0 aliphatic carbocycles. The Bertz CT molecular complexity index is 927. The van der Waals surface area contributed by atoms with Crippen LogP contribution < -0.4 is 9.47 Å². The fourth-order valence-corrected chi connectivity index (χ4v) is 3.46. The van der Waals surface area contributed by atoms with Gasteiger partial charge in [-0.1, -0.05) is 12.1 Å². The van der Waals surface area contributed by atoms with Gasteiger partial charge in [-0.3, -0.25) is 0 Å². The summed E-state index contributed by atoms with van der Waals surface area (Å²) in [5.74, 6) is -0.0708. The number of rotatable bonds is 7. The summed E-state index contributed by atoms with van der Waals surface area (Å²) in [4.78, 5) is -0.0105. The molecule has 0 bridgehead atoms. The molecular formula is C17H16F2N2O4S. The lowest BCUT2D eigenvalue weighted by Gasteiger charge is -2.18. The van der Waals surface area contributed by atoms with Crippen LogP contribution in [0.5, 0.6) is 11.5 Å². The van der Waals surface area contributed by atoms with Gasteiger partial charge in [0.25, 0.3) is 0 Å². The lowest BCUT2D eigenvalue weighted by molar-refractivity contribution is -0.0512. The van der Waals surface area contributed by atoms with Gasteiger partial charge in [0.2, 0.25) is 10.0 Å². The minimum Gasteiger partial charge on any atom is -0.493 e. The van der Waals surface area contributed by atoms with E-state index in [9.17, 15) is 17.2 Å². The number of alkyl halides is 2. The van der Waals surface area contributed by atoms with Crippen LogP contribution in [-0.4, -0.2) is 33.5 Å². The number of benzene rings is 2. The Balaban J connectivity index is 2.25. The predicted octanol–water partition coefficient (Wildman–Crippen LogP) is 2.99. The first-order valence-electron chi connectivity index (χ1n) is 7.36. The van der Waals surface area contributed by atoms with E-state index < -0.39 is 16.6 Å². The molecule has 0 fully saturated rings. The van der Waals surface area contributed by atoms with E-state index >= 15 is 0 Å². The second kappa shape index (κ2) is 8.12. The number of methoxy groups -OCH3 is 1. The molecule has 0 spiro atoms. The molecule has 0 heterocycles. The maximum absolute atomic E-state index is 12.6. The third-order valence-corrected chi connectivity index (χ3v) is 5.32. The van der Waals surface area contributed by atoms with E-state index in [0.717, 1.165) is 4.31 Å². The molecule has 0 N–H and O–H groups in total. The standard InChI is InChI=1S/C17H16F2N2O4S/c1-21(26(22,23)14-5-3-4-12(8-14)10-20)11-13-6-7-15(25-17(18)19)16(9-13)24-2/h3-9,17H,11H2,1-2H3. The van der Waals surface area contributed by atoms with Crippen LogP contribution in [0, 0.1) is 11.3 Å². The Hall–Kier alpha value is -2.70. The summed E-state index contributed by atoms with van der Waals surface area (Å²) in [5.41, 5.74) is 0.751. The molecule has 0 atom stereocenters. The summed E-state index contributed by atoms with van der Waals surface area (Å²) in [6.45, 7) is -3.02. The van der Waals surface area contributed by atoms with Crippen LogP contribution in [0.3, 0.4) is 0 Å². The molecule has 0 amide bonds. The normalized spacial score (nSPS) is 11.4. The zero-order valence-corrected chi connectivity index (χ0v) is 14.8. The summed E-state index contributed by atoms with van der Waals surface area (Å²) >= 11 is 0. The summed E-state index contributed by atoms with van der Waals surface area (Å²) in [6.07, 6.45) is 0. The van der Waals surface area contributed by atoms with E-state index in [1.54, 1.807) is 0 Å². The van der Waals surface area contributed by atoms with Crippen molar-refractivity contribution in [3.8, 4) is 17.6 Å². The average Bonchev–Trinajstić information content (AvgIpc) is 2.62. The molecule has 0 aromatic heterocycles. The maximum Gasteiger partial charge on any atom is 0.387 e. The molecular weight excluding hydrogens is 366 g/mol. The summed E-state index contributed by atoms with van der Waals surface area (Å²) in [6, 6.07) is 11.7. The van der Waals surface area contributed by atoms with Gasteiger partial charge < -0.3 is 9.47 Å². The molecule has 0 radical (unpaired) electrons. The molecule has 2 rings (SSSR count). The first kappa shape index (κ1) is 19.6. The van der Waals surface area contributed by atoms with Gasteiger partial charge in [0.05, 0.1) is 23.6 Å². The highest BCUT2D eigenvalue weighted by Gasteiger charge is 2.22. The van der Waals surface area contributed by atoms with Crippen LogP contribution in [0.4, 0.5) is 8.78 Å². The van der Waals surface area contributed by atoms with E-state index in [4.69, 9.17) is 10.00 Å². The van der Waals surface area contributed by atoms with E-state index in [-0.39, 0.29) is 28.5 Å². The molecule has 0 aliphatic rings. The first-order chi connectivity index (χ1) is 12.3. The first-order valence-corrected chi connectivity index (χ1v) is 8.80. The minimum absolute atomic E-state index is 0.0105. The Morgan fingerprint density at radius 1 is 1.19 bits per heavy atom. The van der Waals surface area contributed by atoms with Gasteiger partial charge in [0.1, 0.15) is 0 Å². The molecule has 2 aromatic rings. The van der Waals surface area contributed by atoms with Crippen molar-refractivity contribution >= 4 is 10.0 Å². The van der Waals surface area contributed by atoms with Crippen molar-refractivity contribution in [1.82, 2.24) is 4.31 Å². The van der Waals surface area contributed by atoms with Crippen LogP contribution in [0.2, 0.25) is 0 Å². The Morgan fingerprint density at radius 2 is 1.92 bits per heavy atom. The van der Waals surface area contributed by atoms with E-state index in [1.165, 1.54) is 56.6 Å². The van der Waals surface area contributed by atoms with Crippen LogP contribution in [-0.2, 0) is 16.6 Å². The van der Waals surface area contributed by atoms with E-state index in [0.29, 0.717) is 5.56 Å². The number of hydrogen-bond donors (Lipinski definition) is 0. The summed E-state index contributed by atoms with van der Waals surface area (Å²) in [7, 11) is -1.15. The van der Waals surface area contributed by atoms with Crippen molar-refractivity contribution in [1.29, 1.82) is 5.26 Å². The van der Waals surface area contributed by atoms with E-state index in [2.05, 4.69) is 4.74 Å². The fourth-order valence-electron chi connectivity index (χ4n) is 2.25. The van der Waals surface area contributed by atoms with Crippen molar-refractivity contribution < 1.29 is 26.7 Å². The highest BCUT2D eigenvalue weighted by molar-refractivity contribution is 7.89. The molecule has 0 saturated carbocycles. The highest BCUT2D eigenvalue weighted by Crippen LogP contribution is 2.30. The molecule has 26 heavy (non-hydrogen) atoms. The third kappa shape index (κ3) is 4.47. The monoisotopic (exact) mass is 382 g/mol. The highest BCUT2D eigenvalue weighted by atomic mass is 32.2. The van der Waals surface area contributed by atoms with E-state index in [1.807, 2.05) is 6.07 Å². The van der Waals surface area contributed by atoms with Gasteiger partial charge in [-0.25, -0.2) is 8.42 Å². The lowest BCUT2D eigenvalue weighted by Crippen LogP contribution is -2.26. The smallest absolute Gasteiger partial charge is 0.387 e. The molecule has 0 saturated heterocycles. The topological polar surface area (TPSA) is 79.6 Å². The number of nitriles is 1. The van der Waals surface area contributed by atoms with Gasteiger partial charge in [-0.2, -0.15) is 18.3 Å².